The molecule has 0 aromatic carbocycles. The molecule has 1 fully saturated rings. The zero-order valence-electron chi connectivity index (χ0n) is 5.58. The minimum atomic E-state index is -2.87. The molecule has 3 N–H and O–H groups in total. The Bertz CT molecular complexity index is 185. The quantitative estimate of drug-likeness (QED) is 0.608. The molecule has 0 bridgehead atoms. The molecule has 1 rings (SSSR count). The van der Waals surface area contributed by atoms with Crippen molar-refractivity contribution in [2.24, 2.45) is 5.14 Å². The van der Waals surface area contributed by atoms with Crippen molar-refractivity contribution in [2.45, 2.75) is 12.8 Å². The Kier molecular flexibility index (Phi) is 3.58. The van der Waals surface area contributed by atoms with Gasteiger partial charge in [0.15, 0.2) is 10.1 Å². The van der Waals surface area contributed by atoms with Gasteiger partial charge in [0.2, 0.25) is 0 Å². The zero-order valence-corrected chi connectivity index (χ0v) is 7.21. The largest absolute Gasteiger partial charge is 0.232 e. The first kappa shape index (κ1) is 10.2. The fourth-order valence-electron chi connectivity index (χ4n) is 0.959. The van der Waals surface area contributed by atoms with E-state index in [1.165, 1.54) is 4.31 Å². The van der Waals surface area contributed by atoms with Crippen molar-refractivity contribution >= 4 is 22.5 Å². The third-order valence-electron chi connectivity index (χ3n) is 1.45. The Hall–Kier alpha value is 0.160. The number of hydrogen-bond acceptors (Lipinski definition) is 2. The Morgan fingerprint density at radius 1 is 1.40 bits per heavy atom. The lowest BCUT2D eigenvalue weighted by atomic mass is 10.4. The second-order valence-electron chi connectivity index (χ2n) is 2.20. The number of rotatable bonds is 1. The van der Waals surface area contributed by atoms with Crippen molar-refractivity contribution in [3.05, 3.63) is 0 Å². The fraction of sp³-hybridized carbons (Fsp3) is 1.00. The standard InChI is InChI=1S/C4H11N3OS.ClH/c5-9(6,8)7-3-1-2-4-7;/h1-4H2,(H3,5,6,8);1H. The van der Waals surface area contributed by atoms with E-state index in [0.29, 0.717) is 0 Å². The molecule has 0 spiro atoms. The monoisotopic (exact) mass is 185 g/mol. The van der Waals surface area contributed by atoms with Crippen LogP contribution in [0.25, 0.3) is 0 Å². The molecular formula is C4H12ClN3OS. The second kappa shape index (κ2) is 3.52. The number of hydrogen-bond donors (Lipinski definition) is 2. The first-order chi connectivity index (χ1) is 4.11. The van der Waals surface area contributed by atoms with E-state index in [4.69, 9.17) is 9.92 Å². The normalized spacial score (nSPS) is 25.3. The summed E-state index contributed by atoms with van der Waals surface area (Å²) in [6.45, 7) is 1.44. The highest BCUT2D eigenvalue weighted by atomic mass is 35.5. The molecule has 10 heavy (non-hydrogen) atoms. The summed E-state index contributed by atoms with van der Waals surface area (Å²) in [6, 6.07) is 0. The van der Waals surface area contributed by atoms with Crippen LogP contribution < -0.4 is 5.14 Å². The van der Waals surface area contributed by atoms with Gasteiger partial charge in [0, 0.05) is 13.1 Å². The summed E-state index contributed by atoms with van der Waals surface area (Å²) < 4.78 is 19.2. The minimum Gasteiger partial charge on any atom is -0.232 e. The Labute approximate surface area is 67.4 Å². The van der Waals surface area contributed by atoms with E-state index >= 15 is 0 Å². The summed E-state index contributed by atoms with van der Waals surface area (Å²) in [7, 11) is -2.87. The molecule has 0 aromatic heterocycles. The zero-order chi connectivity index (χ0) is 6.91. The smallest absolute Gasteiger partial charge is 0.169 e. The van der Waals surface area contributed by atoms with Gasteiger partial charge in [0.25, 0.3) is 0 Å². The van der Waals surface area contributed by atoms with E-state index < -0.39 is 10.1 Å². The van der Waals surface area contributed by atoms with E-state index in [0.717, 1.165) is 25.9 Å². The van der Waals surface area contributed by atoms with Crippen LogP contribution in [0.4, 0.5) is 0 Å². The number of nitrogens with one attached hydrogen (secondary N) is 1. The molecular weight excluding hydrogens is 174 g/mol. The van der Waals surface area contributed by atoms with E-state index in [-0.39, 0.29) is 12.4 Å². The maximum absolute atomic E-state index is 10.8. The Balaban J connectivity index is 0.000000810. The maximum atomic E-state index is 10.8. The van der Waals surface area contributed by atoms with Gasteiger partial charge < -0.3 is 0 Å². The van der Waals surface area contributed by atoms with Crippen molar-refractivity contribution in [2.75, 3.05) is 13.1 Å². The molecule has 1 aliphatic heterocycles. The van der Waals surface area contributed by atoms with Crippen LogP contribution in [-0.2, 0) is 10.1 Å². The molecule has 0 amide bonds. The molecule has 0 radical (unpaired) electrons. The Morgan fingerprint density at radius 2 is 1.80 bits per heavy atom. The van der Waals surface area contributed by atoms with Gasteiger partial charge in [-0.3, -0.25) is 0 Å². The van der Waals surface area contributed by atoms with Gasteiger partial charge in [0.1, 0.15) is 0 Å². The highest BCUT2D eigenvalue weighted by molar-refractivity contribution is 7.87. The Morgan fingerprint density at radius 3 is 2.00 bits per heavy atom. The van der Waals surface area contributed by atoms with Crippen molar-refractivity contribution in [1.82, 2.24) is 4.31 Å². The van der Waals surface area contributed by atoms with Crippen molar-refractivity contribution < 1.29 is 4.21 Å². The molecule has 1 unspecified atom stereocenters. The van der Waals surface area contributed by atoms with E-state index in [2.05, 4.69) is 0 Å². The number of nitrogens with zero attached hydrogens (tertiary/aromatic N) is 1. The molecule has 0 saturated carbocycles. The average molecular weight is 186 g/mol. The molecule has 62 valence electrons. The maximum Gasteiger partial charge on any atom is 0.169 e. The number of nitrogens with two attached hydrogens (primary N) is 1. The third kappa shape index (κ3) is 2.42. The average Bonchev–Trinajstić information content (AvgIpc) is 2.08. The molecule has 1 saturated heterocycles. The molecule has 0 aromatic rings. The molecule has 1 heterocycles. The first-order valence-electron chi connectivity index (χ1n) is 2.92. The van der Waals surface area contributed by atoms with Gasteiger partial charge >= 0.3 is 0 Å². The van der Waals surface area contributed by atoms with Crippen LogP contribution in [0.1, 0.15) is 12.8 Å². The van der Waals surface area contributed by atoms with E-state index in [1.807, 2.05) is 0 Å². The highest BCUT2D eigenvalue weighted by Gasteiger charge is 2.17. The number of halogens is 1. The molecule has 6 heteroatoms. The van der Waals surface area contributed by atoms with Crippen LogP contribution in [0.5, 0.6) is 0 Å². The van der Waals surface area contributed by atoms with Crippen LogP contribution in [-0.4, -0.2) is 21.6 Å². The van der Waals surface area contributed by atoms with Gasteiger partial charge in [-0.2, -0.15) is 0 Å². The third-order valence-corrected chi connectivity index (χ3v) is 2.58. The summed E-state index contributed by atoms with van der Waals surface area (Å²) in [5, 5.41) is 5.06. The summed E-state index contributed by atoms with van der Waals surface area (Å²) >= 11 is 0. The van der Waals surface area contributed by atoms with Crippen molar-refractivity contribution in [3.63, 3.8) is 0 Å². The lowest BCUT2D eigenvalue weighted by Crippen LogP contribution is -2.32. The molecule has 1 atom stereocenters. The predicted molar refractivity (Wildman–Crippen MR) is 43.1 cm³/mol. The van der Waals surface area contributed by atoms with Gasteiger partial charge in [-0.25, -0.2) is 18.4 Å². The van der Waals surface area contributed by atoms with Gasteiger partial charge in [0.05, 0.1) is 0 Å². The topological polar surface area (TPSA) is 70.2 Å². The summed E-state index contributed by atoms with van der Waals surface area (Å²) in [6.07, 6.45) is 2.04. The van der Waals surface area contributed by atoms with Crippen LogP contribution in [0.15, 0.2) is 0 Å². The minimum absolute atomic E-state index is 0. The van der Waals surface area contributed by atoms with Crippen LogP contribution in [0.2, 0.25) is 0 Å². The van der Waals surface area contributed by atoms with Crippen LogP contribution in [0, 0.1) is 4.78 Å². The highest BCUT2D eigenvalue weighted by Crippen LogP contribution is 2.09. The molecule has 1 aliphatic rings. The first-order valence-corrected chi connectivity index (χ1v) is 4.50. The van der Waals surface area contributed by atoms with Crippen molar-refractivity contribution in [3.8, 4) is 0 Å². The fourth-order valence-corrected chi connectivity index (χ4v) is 1.76. The predicted octanol–water partition coefficient (Wildman–Crippen LogP) is 0.339. The summed E-state index contributed by atoms with van der Waals surface area (Å²) in [5.74, 6) is 0. The van der Waals surface area contributed by atoms with Crippen LogP contribution in [0.3, 0.4) is 0 Å². The molecule has 4 nitrogen and oxygen atoms in total. The lowest BCUT2D eigenvalue weighted by molar-refractivity contribution is 0.526. The summed E-state index contributed by atoms with van der Waals surface area (Å²) in [4.78, 5) is 0. The van der Waals surface area contributed by atoms with Gasteiger partial charge in [-0.1, -0.05) is 0 Å². The van der Waals surface area contributed by atoms with E-state index in [1.54, 1.807) is 0 Å². The second-order valence-corrected chi connectivity index (χ2v) is 3.86. The van der Waals surface area contributed by atoms with Crippen LogP contribution >= 0.6 is 12.4 Å². The van der Waals surface area contributed by atoms with Gasteiger partial charge in [-0.05, 0) is 12.8 Å². The van der Waals surface area contributed by atoms with Gasteiger partial charge in [-0.15, -0.1) is 12.4 Å². The SMILES string of the molecule is Cl.N=S(N)(=O)N1CCCC1. The lowest BCUT2D eigenvalue weighted by Gasteiger charge is -2.12. The molecule has 0 aliphatic carbocycles. The van der Waals surface area contributed by atoms with E-state index in [9.17, 15) is 4.21 Å². The van der Waals surface area contributed by atoms with Crippen molar-refractivity contribution in [1.29, 1.82) is 4.78 Å². The summed E-state index contributed by atoms with van der Waals surface area (Å²) in [5.41, 5.74) is 0.